The van der Waals surface area contributed by atoms with Gasteiger partial charge in [-0.15, -0.1) is 6.58 Å². The molecule has 1 heterocycles. The molecule has 10 nitrogen and oxygen atoms in total. The Morgan fingerprint density at radius 2 is 1.84 bits per heavy atom. The number of nitrogens with zero attached hydrogens (tertiary/aromatic N) is 2. The molecule has 1 N–H and O–H groups in total. The third-order valence-electron chi connectivity index (χ3n) is 6.38. The molecule has 0 spiro atoms. The highest BCUT2D eigenvalue weighted by Gasteiger charge is 2.35. The number of imide groups is 1. The van der Waals surface area contributed by atoms with Crippen molar-refractivity contribution in [3.63, 3.8) is 0 Å². The summed E-state index contributed by atoms with van der Waals surface area (Å²) in [7, 11) is -2.65. The first-order chi connectivity index (χ1) is 21.1. The first-order valence-electron chi connectivity index (χ1n) is 13.4. The highest BCUT2D eigenvalue weighted by atomic mass is 35.5. The number of carbonyl (C=O) groups excluding carboxylic acids is 3. The van der Waals surface area contributed by atoms with Crippen LogP contribution in [0.2, 0.25) is 5.02 Å². The zero-order valence-electron chi connectivity index (χ0n) is 24.0. The van der Waals surface area contributed by atoms with E-state index in [0.29, 0.717) is 29.4 Å². The minimum atomic E-state index is -4.16. The van der Waals surface area contributed by atoms with Gasteiger partial charge in [0.1, 0.15) is 4.90 Å². The van der Waals surface area contributed by atoms with Crippen molar-refractivity contribution in [1.82, 2.24) is 10.2 Å². The number of sulfonamides is 1. The number of rotatable bonds is 13. The molecule has 0 unspecified atom stereocenters. The molecule has 3 aromatic rings. The number of hydrogen-bond acceptors (Lipinski definition) is 8. The summed E-state index contributed by atoms with van der Waals surface area (Å²) in [4.78, 5) is 39.5. The van der Waals surface area contributed by atoms with Crippen LogP contribution in [0.15, 0.2) is 89.2 Å². The molecule has 4 rings (SSSR count). The fourth-order valence-electron chi connectivity index (χ4n) is 4.29. The number of thioether (sulfide) groups is 1. The van der Waals surface area contributed by atoms with Gasteiger partial charge in [-0.05, 0) is 72.8 Å². The number of amides is 3. The molecular weight excluding hydrogens is 626 g/mol. The van der Waals surface area contributed by atoms with Gasteiger partial charge in [0.05, 0.1) is 35.9 Å². The number of halogens is 1. The van der Waals surface area contributed by atoms with Gasteiger partial charge in [0.2, 0.25) is 0 Å². The molecule has 1 aliphatic rings. The van der Waals surface area contributed by atoms with E-state index < -0.39 is 27.1 Å². The van der Waals surface area contributed by atoms with Crippen molar-refractivity contribution >= 4 is 62.2 Å². The van der Waals surface area contributed by atoms with Gasteiger partial charge in [-0.2, -0.15) is 0 Å². The average Bonchev–Trinajstić information content (AvgIpc) is 3.28. The molecule has 1 aliphatic heterocycles. The van der Waals surface area contributed by atoms with Crippen molar-refractivity contribution in [3.05, 3.63) is 100 Å². The fourth-order valence-corrected chi connectivity index (χ4v) is 7.09. The fraction of sp³-hybridized carbons (Fsp3) is 0.194. The van der Waals surface area contributed by atoms with Crippen molar-refractivity contribution in [2.45, 2.75) is 11.8 Å². The minimum absolute atomic E-state index is 0.0163. The Labute approximate surface area is 265 Å². The summed E-state index contributed by atoms with van der Waals surface area (Å²) < 4.78 is 39.2. The summed E-state index contributed by atoms with van der Waals surface area (Å²) in [5.41, 5.74) is 1.10. The Balaban J connectivity index is 1.44. The lowest BCUT2D eigenvalue weighted by Gasteiger charge is -2.24. The maximum Gasteiger partial charge on any atom is 0.293 e. The normalized spacial score (nSPS) is 14.1. The van der Waals surface area contributed by atoms with Crippen molar-refractivity contribution in [1.29, 1.82) is 0 Å². The van der Waals surface area contributed by atoms with E-state index in [-0.39, 0.29) is 40.0 Å². The standard InChI is InChI=1S/C31H30ClN3O7S2/c1-4-16-35(23-9-7-6-8-10-23)44(39,40)28-20-22(12-13-24(28)32)29(36)33-15-17-34-30(37)27(43-31(34)38)19-21-11-14-25(42-5-2)26(18-21)41-3/h4,6-14,18-20H,1,5,15-17H2,2-3H3,(H,33,36). The second-order valence-corrected chi connectivity index (χ2v) is 12.5. The third kappa shape index (κ3) is 7.26. The van der Waals surface area contributed by atoms with Crippen LogP contribution in [0.3, 0.4) is 0 Å². The Morgan fingerprint density at radius 1 is 1.09 bits per heavy atom. The van der Waals surface area contributed by atoms with Gasteiger partial charge < -0.3 is 14.8 Å². The first-order valence-corrected chi connectivity index (χ1v) is 16.1. The highest BCUT2D eigenvalue weighted by molar-refractivity contribution is 8.18. The molecule has 13 heteroatoms. The van der Waals surface area contributed by atoms with Gasteiger partial charge in [-0.25, -0.2) is 8.42 Å². The largest absolute Gasteiger partial charge is 0.493 e. The SMILES string of the molecule is C=CCN(c1ccccc1)S(=O)(=O)c1cc(C(=O)NCCN2C(=O)SC(=Cc3ccc(OCC)c(OC)c3)C2=O)ccc1Cl. The number of para-hydroxylation sites is 1. The molecule has 0 aromatic heterocycles. The highest BCUT2D eigenvalue weighted by Crippen LogP contribution is 2.34. The van der Waals surface area contributed by atoms with E-state index >= 15 is 0 Å². The summed E-state index contributed by atoms with van der Waals surface area (Å²) >= 11 is 7.08. The second-order valence-electron chi connectivity index (χ2n) is 9.24. The predicted molar refractivity (Wildman–Crippen MR) is 172 cm³/mol. The average molecular weight is 656 g/mol. The van der Waals surface area contributed by atoms with Crippen LogP contribution in [-0.2, 0) is 14.8 Å². The number of anilines is 1. The van der Waals surface area contributed by atoms with E-state index in [4.69, 9.17) is 21.1 Å². The minimum Gasteiger partial charge on any atom is -0.493 e. The Kier molecular flexibility index (Phi) is 10.7. The van der Waals surface area contributed by atoms with Crippen LogP contribution in [0.5, 0.6) is 11.5 Å². The lowest BCUT2D eigenvalue weighted by atomic mass is 10.2. The van der Waals surface area contributed by atoms with E-state index in [0.717, 1.165) is 21.0 Å². The zero-order chi connectivity index (χ0) is 31.9. The maximum absolute atomic E-state index is 13.6. The van der Waals surface area contributed by atoms with Gasteiger partial charge >= 0.3 is 0 Å². The van der Waals surface area contributed by atoms with Crippen molar-refractivity contribution < 1.29 is 32.3 Å². The lowest BCUT2D eigenvalue weighted by molar-refractivity contribution is -0.122. The van der Waals surface area contributed by atoms with Crippen molar-refractivity contribution in [2.24, 2.45) is 0 Å². The van der Waals surface area contributed by atoms with E-state index in [1.165, 1.54) is 31.4 Å². The third-order valence-corrected chi connectivity index (χ3v) is 9.56. The molecule has 1 fully saturated rings. The Hall–Kier alpha value is -4.26. The molecule has 3 aromatic carbocycles. The van der Waals surface area contributed by atoms with Crippen LogP contribution in [0.4, 0.5) is 10.5 Å². The molecule has 44 heavy (non-hydrogen) atoms. The van der Waals surface area contributed by atoms with Crippen LogP contribution < -0.4 is 19.1 Å². The van der Waals surface area contributed by atoms with Crippen LogP contribution in [0, 0.1) is 0 Å². The number of nitrogens with one attached hydrogen (secondary N) is 1. The smallest absolute Gasteiger partial charge is 0.293 e. The predicted octanol–water partition coefficient (Wildman–Crippen LogP) is 5.59. The van der Waals surface area contributed by atoms with E-state index in [9.17, 15) is 22.8 Å². The molecule has 0 saturated carbocycles. The van der Waals surface area contributed by atoms with Crippen LogP contribution in [-0.4, -0.2) is 63.7 Å². The van der Waals surface area contributed by atoms with E-state index in [1.54, 1.807) is 54.6 Å². The molecule has 1 saturated heterocycles. The number of ether oxygens (including phenoxy) is 2. The van der Waals surface area contributed by atoms with Crippen LogP contribution in [0.25, 0.3) is 6.08 Å². The second kappa shape index (κ2) is 14.5. The van der Waals surface area contributed by atoms with Crippen molar-refractivity contribution in [2.75, 3.05) is 37.7 Å². The number of hydrogen-bond donors (Lipinski definition) is 1. The molecule has 230 valence electrons. The molecular formula is C31H30ClN3O7S2. The van der Waals surface area contributed by atoms with Crippen LogP contribution >= 0.6 is 23.4 Å². The Bertz CT molecular complexity index is 1710. The van der Waals surface area contributed by atoms with Gasteiger partial charge in [0.15, 0.2) is 11.5 Å². The summed E-state index contributed by atoms with van der Waals surface area (Å²) in [5.74, 6) is -0.0387. The summed E-state index contributed by atoms with van der Waals surface area (Å²) in [6.07, 6.45) is 3.03. The quantitative estimate of drug-likeness (QED) is 0.187. The van der Waals surface area contributed by atoms with E-state index in [1.807, 2.05) is 6.92 Å². The van der Waals surface area contributed by atoms with E-state index in [2.05, 4.69) is 11.9 Å². The summed E-state index contributed by atoms with van der Waals surface area (Å²) in [6, 6.07) is 17.5. The van der Waals surface area contributed by atoms with Crippen LogP contribution in [0.1, 0.15) is 22.8 Å². The Morgan fingerprint density at radius 3 is 2.52 bits per heavy atom. The summed E-state index contributed by atoms with van der Waals surface area (Å²) in [6.45, 7) is 5.81. The molecule has 3 amide bonds. The number of benzene rings is 3. The number of methoxy groups -OCH3 is 1. The first kappa shape index (κ1) is 32.6. The summed E-state index contributed by atoms with van der Waals surface area (Å²) in [5, 5.41) is 2.11. The molecule has 0 atom stereocenters. The molecule has 0 aliphatic carbocycles. The maximum atomic E-state index is 13.6. The topological polar surface area (TPSA) is 122 Å². The molecule has 0 radical (unpaired) electrons. The van der Waals surface area contributed by atoms with Crippen molar-refractivity contribution in [3.8, 4) is 11.5 Å². The van der Waals surface area contributed by atoms with Gasteiger partial charge in [-0.3, -0.25) is 23.6 Å². The van der Waals surface area contributed by atoms with Gasteiger partial charge in [-0.1, -0.05) is 41.9 Å². The number of carbonyl (C=O) groups is 3. The van der Waals surface area contributed by atoms with Gasteiger partial charge in [0.25, 0.3) is 27.1 Å². The zero-order valence-corrected chi connectivity index (χ0v) is 26.4. The lowest BCUT2D eigenvalue weighted by Crippen LogP contribution is -2.37. The van der Waals surface area contributed by atoms with Gasteiger partial charge in [0, 0.05) is 18.7 Å². The monoisotopic (exact) mass is 655 g/mol. The molecule has 0 bridgehead atoms.